The number of methoxy groups -OCH3 is 1. The molecule has 0 aliphatic heterocycles. The molecule has 0 radical (unpaired) electrons. The zero-order valence-electron chi connectivity index (χ0n) is 11.4. The second-order valence-electron chi connectivity index (χ2n) is 4.60. The Kier molecular flexibility index (Phi) is 5.08. The molecule has 0 aliphatic carbocycles. The maximum absolute atomic E-state index is 11.9. The Morgan fingerprint density at radius 3 is 2.44 bits per heavy atom. The molecular formula is C15H20O3. The molecule has 0 N–H and O–H groups in total. The Balaban J connectivity index is 3.01. The smallest absolute Gasteiger partial charge is 0.170 e. The second kappa shape index (κ2) is 6.34. The molecular weight excluding hydrogens is 228 g/mol. The van der Waals surface area contributed by atoms with E-state index in [1.807, 2.05) is 19.9 Å². The summed E-state index contributed by atoms with van der Waals surface area (Å²) in [6.07, 6.45) is 0.388. The molecule has 0 aliphatic rings. The van der Waals surface area contributed by atoms with E-state index in [2.05, 4.69) is 0 Å². The van der Waals surface area contributed by atoms with Crippen LogP contribution < -0.4 is 4.74 Å². The quantitative estimate of drug-likeness (QED) is 0.572. The summed E-state index contributed by atoms with van der Waals surface area (Å²) < 4.78 is 5.27. The van der Waals surface area contributed by atoms with Crippen molar-refractivity contribution in [1.82, 2.24) is 0 Å². The highest BCUT2D eigenvalue weighted by molar-refractivity contribution is 6.08. The van der Waals surface area contributed by atoms with Gasteiger partial charge in [-0.3, -0.25) is 9.59 Å². The van der Waals surface area contributed by atoms with Crippen molar-refractivity contribution in [2.45, 2.75) is 39.5 Å². The van der Waals surface area contributed by atoms with Crippen molar-refractivity contribution in [2.24, 2.45) is 0 Å². The van der Waals surface area contributed by atoms with E-state index < -0.39 is 0 Å². The van der Waals surface area contributed by atoms with Crippen LogP contribution in [0.5, 0.6) is 5.75 Å². The largest absolute Gasteiger partial charge is 0.496 e. The monoisotopic (exact) mass is 248 g/mol. The van der Waals surface area contributed by atoms with E-state index in [0.717, 1.165) is 11.3 Å². The van der Waals surface area contributed by atoms with E-state index in [1.54, 1.807) is 26.2 Å². The molecule has 0 saturated heterocycles. The Bertz CT molecular complexity index is 447. The number of carbonyl (C=O) groups is 2. The molecule has 0 saturated carbocycles. The summed E-state index contributed by atoms with van der Waals surface area (Å²) in [5.41, 5.74) is 1.58. The normalized spacial score (nSPS) is 10.5. The molecule has 0 atom stereocenters. The van der Waals surface area contributed by atoms with Crippen LogP contribution in [-0.4, -0.2) is 18.7 Å². The van der Waals surface area contributed by atoms with Gasteiger partial charge in [0.15, 0.2) is 5.78 Å². The van der Waals surface area contributed by atoms with Gasteiger partial charge in [-0.1, -0.05) is 20.8 Å². The van der Waals surface area contributed by atoms with Crippen molar-refractivity contribution in [3.63, 3.8) is 0 Å². The molecule has 0 spiro atoms. The highest BCUT2D eigenvalue weighted by Crippen LogP contribution is 2.27. The topological polar surface area (TPSA) is 43.4 Å². The maximum Gasteiger partial charge on any atom is 0.170 e. The van der Waals surface area contributed by atoms with Crippen molar-refractivity contribution in [3.8, 4) is 5.75 Å². The lowest BCUT2D eigenvalue weighted by atomic mass is 9.96. The average molecular weight is 248 g/mol. The molecule has 1 aromatic carbocycles. The van der Waals surface area contributed by atoms with Crippen LogP contribution in [0, 0.1) is 0 Å². The maximum atomic E-state index is 11.9. The number of ketones is 2. The van der Waals surface area contributed by atoms with E-state index in [9.17, 15) is 9.59 Å². The Morgan fingerprint density at radius 2 is 1.94 bits per heavy atom. The summed E-state index contributed by atoms with van der Waals surface area (Å²) in [6, 6.07) is 5.34. The van der Waals surface area contributed by atoms with Gasteiger partial charge in [0.1, 0.15) is 11.5 Å². The van der Waals surface area contributed by atoms with Crippen LogP contribution in [0.15, 0.2) is 18.2 Å². The van der Waals surface area contributed by atoms with Crippen LogP contribution in [-0.2, 0) is 4.79 Å². The van der Waals surface area contributed by atoms with Gasteiger partial charge in [0.25, 0.3) is 0 Å². The summed E-state index contributed by atoms with van der Waals surface area (Å²) in [7, 11) is 1.61. The number of rotatable bonds is 6. The molecule has 1 aromatic rings. The number of Topliss-reactive ketones (excluding diaryl/α,β-unsaturated/α-hetero) is 2. The van der Waals surface area contributed by atoms with Gasteiger partial charge >= 0.3 is 0 Å². The Labute approximate surface area is 108 Å². The lowest BCUT2D eigenvalue weighted by Crippen LogP contribution is -2.08. The summed E-state index contributed by atoms with van der Waals surface area (Å²) >= 11 is 0. The van der Waals surface area contributed by atoms with Crippen LogP contribution in [0.25, 0.3) is 0 Å². The summed E-state index contributed by atoms with van der Waals surface area (Å²) in [4.78, 5) is 23.2. The van der Waals surface area contributed by atoms with Crippen molar-refractivity contribution in [3.05, 3.63) is 29.3 Å². The van der Waals surface area contributed by atoms with Gasteiger partial charge in [0, 0.05) is 12.0 Å². The van der Waals surface area contributed by atoms with Gasteiger partial charge in [-0.15, -0.1) is 0 Å². The van der Waals surface area contributed by atoms with Gasteiger partial charge in [-0.2, -0.15) is 0 Å². The average Bonchev–Trinajstić information content (AvgIpc) is 2.37. The van der Waals surface area contributed by atoms with Crippen molar-refractivity contribution < 1.29 is 14.3 Å². The van der Waals surface area contributed by atoms with E-state index in [4.69, 9.17) is 4.74 Å². The highest BCUT2D eigenvalue weighted by atomic mass is 16.5. The third-order valence-electron chi connectivity index (χ3n) is 2.93. The van der Waals surface area contributed by atoms with Crippen molar-refractivity contribution in [2.75, 3.05) is 7.11 Å². The number of hydrogen-bond acceptors (Lipinski definition) is 3. The van der Waals surface area contributed by atoms with Gasteiger partial charge in [-0.25, -0.2) is 0 Å². The zero-order valence-corrected chi connectivity index (χ0v) is 11.4. The number of benzene rings is 1. The zero-order chi connectivity index (χ0) is 13.7. The van der Waals surface area contributed by atoms with Crippen LogP contribution in [0.1, 0.15) is 55.5 Å². The minimum absolute atomic E-state index is 0.0135. The fourth-order valence-electron chi connectivity index (χ4n) is 1.77. The number of ether oxygens (including phenoxy) is 1. The first-order chi connectivity index (χ1) is 8.49. The number of carbonyl (C=O) groups excluding carboxylic acids is 2. The van der Waals surface area contributed by atoms with Gasteiger partial charge < -0.3 is 4.74 Å². The molecule has 3 nitrogen and oxygen atoms in total. The first-order valence-corrected chi connectivity index (χ1v) is 6.22. The first kappa shape index (κ1) is 14.4. The minimum Gasteiger partial charge on any atom is -0.496 e. The lowest BCUT2D eigenvalue weighted by molar-refractivity contribution is -0.117. The minimum atomic E-state index is -0.119. The molecule has 1 rings (SSSR count). The molecule has 0 amide bonds. The molecule has 0 heterocycles. The van der Waals surface area contributed by atoms with Gasteiger partial charge in [0.05, 0.1) is 13.5 Å². The molecule has 0 unspecified atom stereocenters. The molecule has 98 valence electrons. The Hall–Kier alpha value is -1.64. The predicted molar refractivity (Wildman–Crippen MR) is 71.3 cm³/mol. The molecule has 0 bridgehead atoms. The van der Waals surface area contributed by atoms with E-state index in [0.29, 0.717) is 12.0 Å². The van der Waals surface area contributed by atoms with E-state index in [-0.39, 0.29) is 23.9 Å². The second-order valence-corrected chi connectivity index (χ2v) is 4.60. The fraction of sp³-hybridized carbons (Fsp3) is 0.467. The summed E-state index contributed by atoms with van der Waals surface area (Å²) in [5, 5.41) is 0. The lowest BCUT2D eigenvalue weighted by Gasteiger charge is -2.13. The third kappa shape index (κ3) is 3.42. The van der Waals surface area contributed by atoms with E-state index in [1.165, 1.54) is 0 Å². The van der Waals surface area contributed by atoms with Crippen molar-refractivity contribution >= 4 is 11.6 Å². The molecule has 0 aromatic heterocycles. The van der Waals surface area contributed by atoms with E-state index >= 15 is 0 Å². The molecule has 18 heavy (non-hydrogen) atoms. The number of hydrogen-bond donors (Lipinski definition) is 0. The SMILES string of the molecule is CCC(=O)CC(=O)c1ccc(OC)c(C(C)C)c1. The first-order valence-electron chi connectivity index (χ1n) is 6.22. The standard InChI is InChI=1S/C15H20O3/c1-5-12(16)9-14(17)11-6-7-15(18-4)13(8-11)10(2)3/h6-8,10H,5,9H2,1-4H3. The van der Waals surface area contributed by atoms with Crippen LogP contribution in [0.4, 0.5) is 0 Å². The summed E-state index contributed by atoms with van der Waals surface area (Å²) in [6.45, 7) is 5.86. The van der Waals surface area contributed by atoms with Crippen molar-refractivity contribution in [1.29, 1.82) is 0 Å². The fourth-order valence-corrected chi connectivity index (χ4v) is 1.77. The van der Waals surface area contributed by atoms with Crippen LogP contribution in [0.2, 0.25) is 0 Å². The Morgan fingerprint density at radius 1 is 1.28 bits per heavy atom. The highest BCUT2D eigenvalue weighted by Gasteiger charge is 2.14. The van der Waals surface area contributed by atoms with Gasteiger partial charge in [0.2, 0.25) is 0 Å². The third-order valence-corrected chi connectivity index (χ3v) is 2.93. The van der Waals surface area contributed by atoms with Crippen LogP contribution in [0.3, 0.4) is 0 Å². The van der Waals surface area contributed by atoms with Gasteiger partial charge in [-0.05, 0) is 29.7 Å². The predicted octanol–water partition coefficient (Wildman–Crippen LogP) is 3.37. The summed E-state index contributed by atoms with van der Waals surface area (Å²) in [5.74, 6) is 0.909. The molecule has 0 fully saturated rings. The van der Waals surface area contributed by atoms with Crippen LogP contribution >= 0.6 is 0 Å². The molecule has 3 heteroatoms.